The smallest absolute Gasteiger partial charge is 0.318 e. The molecule has 0 saturated heterocycles. The van der Waals surface area contributed by atoms with Crippen molar-refractivity contribution < 1.29 is 14.4 Å². The molecule has 2 aromatic rings. The molecule has 7 heteroatoms. The molecule has 1 aromatic heterocycles. The van der Waals surface area contributed by atoms with Crippen molar-refractivity contribution in [2.24, 2.45) is 5.16 Å². The van der Waals surface area contributed by atoms with Crippen molar-refractivity contribution in [1.82, 2.24) is 0 Å². The minimum absolute atomic E-state index is 0.223. The molecule has 114 valence electrons. The summed E-state index contributed by atoms with van der Waals surface area (Å²) in [4.78, 5) is 27.2. The predicted octanol–water partition coefficient (Wildman–Crippen LogP) is 3.68. The molecule has 0 aliphatic heterocycles. The van der Waals surface area contributed by atoms with Crippen LogP contribution in [-0.2, 0) is 14.4 Å². The lowest BCUT2D eigenvalue weighted by Gasteiger charge is -2.07. The predicted molar refractivity (Wildman–Crippen MR) is 87.5 cm³/mol. The molecule has 0 atom stereocenters. The number of nitrogens with zero attached hydrogens (tertiary/aromatic N) is 1. The molecule has 5 nitrogen and oxygen atoms in total. The molecule has 1 heterocycles. The Bertz CT molecular complexity index is 726. The maximum absolute atomic E-state index is 11.3. The second-order valence-electron chi connectivity index (χ2n) is 4.36. The number of hydrogen-bond donors (Lipinski definition) is 1. The van der Waals surface area contributed by atoms with Gasteiger partial charge in [0.1, 0.15) is 10.7 Å². The van der Waals surface area contributed by atoms with E-state index < -0.39 is 5.97 Å². The van der Waals surface area contributed by atoms with Crippen LogP contribution in [0, 0.1) is 0 Å². The summed E-state index contributed by atoms with van der Waals surface area (Å²) in [6.45, 7) is 2.67. The lowest BCUT2D eigenvalue weighted by Crippen LogP contribution is -2.11. The van der Waals surface area contributed by atoms with Crippen molar-refractivity contribution in [3.63, 3.8) is 0 Å². The molecule has 0 fully saturated rings. The average Bonchev–Trinajstić information content (AvgIpc) is 2.80. The van der Waals surface area contributed by atoms with Gasteiger partial charge in [0.25, 0.3) is 0 Å². The van der Waals surface area contributed by atoms with E-state index >= 15 is 0 Å². The van der Waals surface area contributed by atoms with E-state index in [1.54, 1.807) is 6.07 Å². The van der Waals surface area contributed by atoms with Crippen LogP contribution in [0.25, 0.3) is 0 Å². The Morgan fingerprint density at radius 2 is 1.91 bits per heavy atom. The Balaban J connectivity index is 2.52. The van der Waals surface area contributed by atoms with Crippen LogP contribution >= 0.6 is 22.9 Å². The van der Waals surface area contributed by atoms with E-state index in [4.69, 9.17) is 16.4 Å². The molecular weight excluding hydrogens is 324 g/mol. The fourth-order valence-electron chi connectivity index (χ4n) is 1.75. The summed E-state index contributed by atoms with van der Waals surface area (Å²) >= 11 is 7.26. The first-order valence-electron chi connectivity index (χ1n) is 6.35. The normalized spacial score (nSPS) is 11.1. The van der Waals surface area contributed by atoms with Crippen LogP contribution in [0.2, 0.25) is 4.34 Å². The highest BCUT2D eigenvalue weighted by Crippen LogP contribution is 2.33. The quantitative estimate of drug-likeness (QED) is 0.526. The SMILES string of the molecule is CC(=O)Nc1sc(Cl)cc1C(=NOC(C)=O)c1ccccc1. The van der Waals surface area contributed by atoms with Crippen molar-refractivity contribution >= 4 is 45.5 Å². The lowest BCUT2D eigenvalue weighted by molar-refractivity contribution is -0.140. The molecule has 0 aliphatic rings. The van der Waals surface area contributed by atoms with Gasteiger partial charge in [0.15, 0.2) is 0 Å². The van der Waals surface area contributed by atoms with Gasteiger partial charge in [-0.05, 0) is 6.07 Å². The van der Waals surface area contributed by atoms with Crippen molar-refractivity contribution in [3.05, 3.63) is 51.9 Å². The summed E-state index contributed by atoms with van der Waals surface area (Å²) in [6.07, 6.45) is 0. The lowest BCUT2D eigenvalue weighted by atomic mass is 10.0. The summed E-state index contributed by atoms with van der Waals surface area (Å²) in [5, 5.41) is 7.16. The molecule has 0 radical (unpaired) electrons. The van der Waals surface area contributed by atoms with Gasteiger partial charge in [-0.15, -0.1) is 11.3 Å². The third kappa shape index (κ3) is 4.16. The number of thiophene rings is 1. The number of amides is 1. The number of halogens is 1. The number of oxime groups is 1. The average molecular weight is 337 g/mol. The highest BCUT2D eigenvalue weighted by atomic mass is 35.5. The minimum Gasteiger partial charge on any atom is -0.318 e. The van der Waals surface area contributed by atoms with Crippen molar-refractivity contribution in [2.75, 3.05) is 5.32 Å². The monoisotopic (exact) mass is 336 g/mol. The first kappa shape index (κ1) is 16.2. The number of hydrogen-bond acceptors (Lipinski definition) is 5. The molecule has 0 spiro atoms. The summed E-state index contributed by atoms with van der Waals surface area (Å²) in [7, 11) is 0. The summed E-state index contributed by atoms with van der Waals surface area (Å²) in [6, 6.07) is 10.9. The third-order valence-corrected chi connectivity index (χ3v) is 3.74. The number of benzene rings is 1. The van der Waals surface area contributed by atoms with Crippen LogP contribution < -0.4 is 5.32 Å². The number of anilines is 1. The van der Waals surface area contributed by atoms with E-state index in [2.05, 4.69) is 10.5 Å². The van der Waals surface area contributed by atoms with Crippen LogP contribution in [0.5, 0.6) is 0 Å². The Morgan fingerprint density at radius 3 is 2.50 bits per heavy atom. The molecule has 1 amide bonds. The summed E-state index contributed by atoms with van der Waals surface area (Å²) in [5.74, 6) is -0.754. The van der Waals surface area contributed by atoms with E-state index in [9.17, 15) is 9.59 Å². The Morgan fingerprint density at radius 1 is 1.23 bits per heavy atom. The van der Waals surface area contributed by atoms with Gasteiger partial charge in [-0.3, -0.25) is 4.79 Å². The maximum atomic E-state index is 11.3. The van der Waals surface area contributed by atoms with E-state index in [0.717, 1.165) is 5.56 Å². The fraction of sp³-hybridized carbons (Fsp3) is 0.133. The van der Waals surface area contributed by atoms with Crippen molar-refractivity contribution in [2.45, 2.75) is 13.8 Å². The topological polar surface area (TPSA) is 67.8 Å². The fourth-order valence-corrected chi connectivity index (χ4v) is 2.93. The summed E-state index contributed by atoms with van der Waals surface area (Å²) < 4.78 is 0.491. The van der Waals surface area contributed by atoms with Gasteiger partial charge >= 0.3 is 5.97 Å². The highest BCUT2D eigenvalue weighted by molar-refractivity contribution is 7.20. The highest BCUT2D eigenvalue weighted by Gasteiger charge is 2.17. The number of rotatable bonds is 4. The number of nitrogens with one attached hydrogen (secondary N) is 1. The molecule has 0 aliphatic carbocycles. The van der Waals surface area contributed by atoms with Gasteiger partial charge in [-0.25, -0.2) is 4.79 Å². The molecule has 0 saturated carbocycles. The zero-order valence-corrected chi connectivity index (χ0v) is 13.5. The van der Waals surface area contributed by atoms with E-state index in [0.29, 0.717) is 20.6 Å². The molecule has 1 N–H and O–H groups in total. The van der Waals surface area contributed by atoms with Crippen LogP contribution in [0.3, 0.4) is 0 Å². The van der Waals surface area contributed by atoms with E-state index in [-0.39, 0.29) is 5.91 Å². The standard InChI is InChI=1S/C15H13ClN2O3S/c1-9(19)17-15-12(8-13(16)22-15)14(18-21-10(2)20)11-6-4-3-5-7-11/h3-8H,1-2H3,(H,17,19). The maximum Gasteiger partial charge on any atom is 0.332 e. The molecule has 0 unspecified atom stereocenters. The third-order valence-electron chi connectivity index (χ3n) is 2.56. The second-order valence-corrected chi connectivity index (χ2v) is 6.05. The van der Waals surface area contributed by atoms with Crippen LogP contribution in [-0.4, -0.2) is 17.6 Å². The van der Waals surface area contributed by atoms with Gasteiger partial charge < -0.3 is 10.2 Å². The van der Waals surface area contributed by atoms with Gasteiger partial charge in [0.2, 0.25) is 5.91 Å². The van der Waals surface area contributed by atoms with Gasteiger partial charge in [0, 0.05) is 25.0 Å². The molecule has 0 bridgehead atoms. The summed E-state index contributed by atoms with van der Waals surface area (Å²) in [5.41, 5.74) is 1.75. The number of carbonyl (C=O) groups excluding carboxylic acids is 2. The van der Waals surface area contributed by atoms with E-state index in [1.807, 2.05) is 30.3 Å². The minimum atomic E-state index is -0.532. The Kier molecular flexibility index (Phi) is 5.30. The first-order valence-corrected chi connectivity index (χ1v) is 7.55. The molecule has 2 rings (SSSR count). The van der Waals surface area contributed by atoms with Crippen LogP contribution in [0.15, 0.2) is 41.6 Å². The van der Waals surface area contributed by atoms with Gasteiger partial charge in [0.05, 0.1) is 4.34 Å². The molecule has 1 aromatic carbocycles. The van der Waals surface area contributed by atoms with Crippen molar-refractivity contribution in [3.8, 4) is 0 Å². The van der Waals surface area contributed by atoms with Crippen LogP contribution in [0.4, 0.5) is 5.00 Å². The zero-order chi connectivity index (χ0) is 16.1. The van der Waals surface area contributed by atoms with Gasteiger partial charge in [-0.2, -0.15) is 0 Å². The van der Waals surface area contributed by atoms with Gasteiger partial charge in [-0.1, -0.05) is 47.1 Å². The largest absolute Gasteiger partial charge is 0.332 e. The van der Waals surface area contributed by atoms with Crippen molar-refractivity contribution in [1.29, 1.82) is 0 Å². The molecular formula is C15H13ClN2O3S. The number of carbonyl (C=O) groups is 2. The van der Waals surface area contributed by atoms with E-state index in [1.165, 1.54) is 25.2 Å². The Hall–Kier alpha value is -2.18. The zero-order valence-electron chi connectivity index (χ0n) is 11.9. The van der Waals surface area contributed by atoms with Crippen LogP contribution in [0.1, 0.15) is 25.0 Å². The Labute approximate surface area is 136 Å². The second kappa shape index (κ2) is 7.20. The molecule has 22 heavy (non-hydrogen) atoms. The first-order chi connectivity index (χ1) is 10.5.